The maximum absolute atomic E-state index is 5.63. The van der Waals surface area contributed by atoms with Crippen LogP contribution in [0.5, 0.6) is 0 Å². The van der Waals surface area contributed by atoms with Gasteiger partial charge in [-0.2, -0.15) is 11.8 Å². The summed E-state index contributed by atoms with van der Waals surface area (Å²) in [6, 6.07) is 0. The zero-order valence-electron chi connectivity index (χ0n) is 7.47. The van der Waals surface area contributed by atoms with E-state index >= 15 is 0 Å². The first-order valence-electron chi connectivity index (χ1n) is 3.96. The highest BCUT2D eigenvalue weighted by Crippen LogP contribution is 2.11. The fourth-order valence-corrected chi connectivity index (χ4v) is 1.53. The van der Waals surface area contributed by atoms with Crippen molar-refractivity contribution >= 4 is 23.4 Å². The highest BCUT2D eigenvalue weighted by Gasteiger charge is 1.99. The number of alkyl halides is 1. The molecule has 1 atom stereocenters. The van der Waals surface area contributed by atoms with Crippen molar-refractivity contribution in [2.24, 2.45) is 0 Å². The molecule has 0 spiro atoms. The lowest BCUT2D eigenvalue weighted by molar-refractivity contribution is 0.0920. The van der Waals surface area contributed by atoms with Gasteiger partial charge in [0, 0.05) is 16.9 Å². The van der Waals surface area contributed by atoms with E-state index in [1.54, 1.807) is 0 Å². The van der Waals surface area contributed by atoms with Crippen molar-refractivity contribution in [1.29, 1.82) is 0 Å². The fourth-order valence-electron chi connectivity index (χ4n) is 0.578. The van der Waals surface area contributed by atoms with Gasteiger partial charge < -0.3 is 4.74 Å². The van der Waals surface area contributed by atoms with Crippen LogP contribution in [0, 0.1) is 0 Å². The maximum atomic E-state index is 5.63. The smallest absolute Gasteiger partial charge is 0.0560 e. The first-order chi connectivity index (χ1) is 5.16. The molecule has 0 radical (unpaired) electrons. The van der Waals surface area contributed by atoms with Gasteiger partial charge >= 0.3 is 0 Å². The highest BCUT2D eigenvalue weighted by atomic mass is 35.5. The minimum absolute atomic E-state index is 0.349. The Morgan fingerprint density at radius 2 is 2.00 bits per heavy atom. The number of hydrogen-bond donors (Lipinski definition) is 0. The second-order valence-electron chi connectivity index (χ2n) is 2.76. The second kappa shape index (κ2) is 7.26. The van der Waals surface area contributed by atoms with Gasteiger partial charge in [-0.25, -0.2) is 0 Å². The molecule has 0 aliphatic heterocycles. The molecule has 3 heteroatoms. The lowest BCUT2D eigenvalue weighted by atomic mass is 10.5. The molecule has 0 saturated heterocycles. The summed E-state index contributed by atoms with van der Waals surface area (Å²) in [4.78, 5) is 0. The van der Waals surface area contributed by atoms with Gasteiger partial charge in [-0.1, -0.05) is 6.92 Å². The van der Waals surface area contributed by atoms with Crippen molar-refractivity contribution in [2.45, 2.75) is 32.1 Å². The maximum Gasteiger partial charge on any atom is 0.0560 e. The Morgan fingerprint density at radius 1 is 1.36 bits per heavy atom. The molecule has 0 aliphatic carbocycles. The Labute approximate surface area is 78.8 Å². The normalized spacial score (nSPS) is 13.9. The molecule has 0 aromatic rings. The van der Waals surface area contributed by atoms with Crippen LogP contribution in [0.3, 0.4) is 0 Å². The van der Waals surface area contributed by atoms with Gasteiger partial charge in [-0.3, -0.25) is 0 Å². The van der Waals surface area contributed by atoms with Crippen molar-refractivity contribution in [3.05, 3.63) is 0 Å². The quantitative estimate of drug-likeness (QED) is 0.477. The van der Waals surface area contributed by atoms with E-state index in [9.17, 15) is 0 Å². The predicted molar refractivity (Wildman–Crippen MR) is 53.7 cm³/mol. The van der Waals surface area contributed by atoms with Gasteiger partial charge in [-0.05, 0) is 13.8 Å². The molecule has 1 unspecified atom stereocenters. The van der Waals surface area contributed by atoms with Gasteiger partial charge in [0.1, 0.15) is 0 Å². The van der Waals surface area contributed by atoms with Crippen LogP contribution in [-0.4, -0.2) is 29.6 Å². The summed E-state index contributed by atoms with van der Waals surface area (Å²) in [5.74, 6) is 1.78. The molecule has 0 bridgehead atoms. The molecule has 0 fully saturated rings. The molecule has 0 aromatic heterocycles. The van der Waals surface area contributed by atoms with Crippen molar-refractivity contribution in [3.8, 4) is 0 Å². The molecule has 0 aliphatic rings. The van der Waals surface area contributed by atoms with E-state index in [0.29, 0.717) is 11.4 Å². The Hall–Kier alpha value is 0.600. The summed E-state index contributed by atoms with van der Waals surface area (Å²) in [6.45, 7) is 7.07. The summed E-state index contributed by atoms with van der Waals surface area (Å²) in [7, 11) is 0. The SMILES string of the molecule is CC(C)OCCSC(C)CCl. The number of rotatable bonds is 6. The van der Waals surface area contributed by atoms with Gasteiger partial charge in [0.25, 0.3) is 0 Å². The van der Waals surface area contributed by atoms with E-state index in [-0.39, 0.29) is 0 Å². The minimum Gasteiger partial charge on any atom is -0.378 e. The molecular formula is C8H17ClOS. The van der Waals surface area contributed by atoms with Crippen LogP contribution in [-0.2, 0) is 4.74 Å². The van der Waals surface area contributed by atoms with E-state index in [1.807, 2.05) is 11.8 Å². The van der Waals surface area contributed by atoms with Crippen LogP contribution in [0.25, 0.3) is 0 Å². The number of ether oxygens (including phenoxy) is 1. The van der Waals surface area contributed by atoms with Crippen LogP contribution in [0.2, 0.25) is 0 Å². The molecule has 0 amide bonds. The third-order valence-corrected chi connectivity index (χ3v) is 2.94. The van der Waals surface area contributed by atoms with Crippen LogP contribution in [0.4, 0.5) is 0 Å². The van der Waals surface area contributed by atoms with Crippen molar-refractivity contribution in [3.63, 3.8) is 0 Å². The largest absolute Gasteiger partial charge is 0.378 e. The molecular weight excluding hydrogens is 180 g/mol. The first kappa shape index (κ1) is 11.6. The molecule has 68 valence electrons. The van der Waals surface area contributed by atoms with E-state index in [1.165, 1.54) is 0 Å². The Bertz CT molecular complexity index is 88.2. The van der Waals surface area contributed by atoms with Gasteiger partial charge in [0.2, 0.25) is 0 Å². The second-order valence-corrected chi connectivity index (χ2v) is 4.61. The summed E-state index contributed by atoms with van der Waals surface area (Å²) in [5.41, 5.74) is 0. The van der Waals surface area contributed by atoms with E-state index in [2.05, 4.69) is 20.8 Å². The van der Waals surface area contributed by atoms with Crippen LogP contribution >= 0.6 is 23.4 Å². The molecule has 11 heavy (non-hydrogen) atoms. The van der Waals surface area contributed by atoms with E-state index in [0.717, 1.165) is 18.2 Å². The third-order valence-electron chi connectivity index (χ3n) is 1.15. The summed E-state index contributed by atoms with van der Waals surface area (Å²) >= 11 is 7.49. The van der Waals surface area contributed by atoms with Crippen LogP contribution in [0.1, 0.15) is 20.8 Å². The number of hydrogen-bond acceptors (Lipinski definition) is 2. The molecule has 0 saturated carbocycles. The first-order valence-corrected chi connectivity index (χ1v) is 5.54. The standard InChI is InChI=1S/C8H17ClOS/c1-7(2)10-4-5-11-8(3)6-9/h7-8H,4-6H2,1-3H3. The number of halogens is 1. The van der Waals surface area contributed by atoms with Crippen LogP contribution in [0.15, 0.2) is 0 Å². The van der Waals surface area contributed by atoms with Crippen molar-refractivity contribution in [1.82, 2.24) is 0 Å². The molecule has 0 N–H and O–H groups in total. The molecule has 0 rings (SSSR count). The minimum atomic E-state index is 0.349. The van der Waals surface area contributed by atoms with Gasteiger partial charge in [-0.15, -0.1) is 11.6 Å². The van der Waals surface area contributed by atoms with E-state index in [4.69, 9.17) is 16.3 Å². The average molecular weight is 197 g/mol. The lowest BCUT2D eigenvalue weighted by Gasteiger charge is -2.09. The summed E-state index contributed by atoms with van der Waals surface area (Å²) in [6.07, 6.45) is 0.349. The fraction of sp³-hybridized carbons (Fsp3) is 1.00. The van der Waals surface area contributed by atoms with Crippen molar-refractivity contribution < 1.29 is 4.74 Å². The number of thioether (sulfide) groups is 1. The lowest BCUT2D eigenvalue weighted by Crippen LogP contribution is -2.08. The van der Waals surface area contributed by atoms with Gasteiger partial charge in [0.15, 0.2) is 0 Å². The monoisotopic (exact) mass is 196 g/mol. The topological polar surface area (TPSA) is 9.23 Å². The molecule has 0 heterocycles. The predicted octanol–water partition coefficient (Wildman–Crippen LogP) is 2.77. The van der Waals surface area contributed by atoms with Crippen LogP contribution < -0.4 is 0 Å². The van der Waals surface area contributed by atoms with Crippen molar-refractivity contribution in [2.75, 3.05) is 18.2 Å². The zero-order valence-corrected chi connectivity index (χ0v) is 9.04. The Balaban J connectivity index is 3.01. The molecule has 0 aromatic carbocycles. The summed E-state index contributed by atoms with van der Waals surface area (Å²) < 4.78 is 5.37. The molecule has 1 nitrogen and oxygen atoms in total. The third kappa shape index (κ3) is 8.51. The zero-order chi connectivity index (χ0) is 8.69. The average Bonchev–Trinajstić information content (AvgIpc) is 1.97. The van der Waals surface area contributed by atoms with Gasteiger partial charge in [0.05, 0.1) is 12.7 Å². The Kier molecular flexibility index (Phi) is 7.66. The highest BCUT2D eigenvalue weighted by molar-refractivity contribution is 7.99. The Morgan fingerprint density at radius 3 is 2.45 bits per heavy atom. The van der Waals surface area contributed by atoms with E-state index < -0.39 is 0 Å². The summed E-state index contributed by atoms with van der Waals surface area (Å²) in [5, 5.41) is 0.549.